The van der Waals surface area contributed by atoms with Gasteiger partial charge in [-0.2, -0.15) is 0 Å². The van der Waals surface area contributed by atoms with Gasteiger partial charge >= 0.3 is 0 Å². The first-order valence-corrected chi connectivity index (χ1v) is 7.96. The third kappa shape index (κ3) is 4.07. The van der Waals surface area contributed by atoms with E-state index in [0.717, 1.165) is 18.4 Å². The van der Waals surface area contributed by atoms with Crippen LogP contribution >= 0.6 is 0 Å². The van der Waals surface area contributed by atoms with Crippen molar-refractivity contribution in [3.63, 3.8) is 0 Å². The van der Waals surface area contributed by atoms with Crippen LogP contribution in [0, 0.1) is 25.7 Å². The van der Waals surface area contributed by atoms with Crippen LogP contribution in [0.3, 0.4) is 0 Å². The van der Waals surface area contributed by atoms with Gasteiger partial charge in [0.1, 0.15) is 0 Å². The van der Waals surface area contributed by atoms with Gasteiger partial charge in [-0.05, 0) is 61.8 Å². The van der Waals surface area contributed by atoms with Crippen molar-refractivity contribution in [3.8, 4) is 0 Å². The lowest BCUT2D eigenvalue weighted by Gasteiger charge is -2.28. The normalized spacial score (nSPS) is 23.5. The highest BCUT2D eigenvalue weighted by Gasteiger charge is 2.19. The van der Waals surface area contributed by atoms with Crippen molar-refractivity contribution < 1.29 is 0 Å². The van der Waals surface area contributed by atoms with Gasteiger partial charge in [-0.25, -0.2) is 0 Å². The molecule has 0 aliphatic heterocycles. The second kappa shape index (κ2) is 7.09. The molecule has 1 saturated carbocycles. The van der Waals surface area contributed by atoms with Gasteiger partial charge in [0.15, 0.2) is 0 Å². The van der Waals surface area contributed by atoms with Gasteiger partial charge in [0.25, 0.3) is 0 Å². The zero-order chi connectivity index (χ0) is 13.7. The number of hydrogen-bond acceptors (Lipinski definition) is 1. The summed E-state index contributed by atoms with van der Waals surface area (Å²) in [7, 11) is 0. The molecule has 0 radical (unpaired) electrons. The first-order valence-electron chi connectivity index (χ1n) is 7.96. The van der Waals surface area contributed by atoms with Crippen LogP contribution in [0.4, 0.5) is 0 Å². The smallest absolute Gasteiger partial charge is 0.0208 e. The molecule has 0 unspecified atom stereocenters. The van der Waals surface area contributed by atoms with Crippen LogP contribution in [0.1, 0.15) is 55.7 Å². The van der Waals surface area contributed by atoms with Crippen molar-refractivity contribution in [1.29, 1.82) is 0 Å². The minimum Gasteiger partial charge on any atom is -0.312 e. The molecular formula is C18H29N. The molecule has 2 rings (SSSR count). The molecular weight excluding hydrogens is 230 g/mol. The Labute approximate surface area is 118 Å². The molecule has 0 atom stereocenters. The van der Waals surface area contributed by atoms with E-state index >= 15 is 0 Å². The summed E-state index contributed by atoms with van der Waals surface area (Å²) in [6.07, 6.45) is 7.14. The maximum atomic E-state index is 3.67. The lowest BCUT2D eigenvalue weighted by atomic mass is 9.81. The van der Waals surface area contributed by atoms with E-state index in [2.05, 4.69) is 44.3 Å². The highest BCUT2D eigenvalue weighted by atomic mass is 14.9. The molecule has 1 heteroatoms. The summed E-state index contributed by atoms with van der Waals surface area (Å²) in [4.78, 5) is 0. The van der Waals surface area contributed by atoms with Crippen LogP contribution in [-0.2, 0) is 6.54 Å². The van der Waals surface area contributed by atoms with Crippen LogP contribution < -0.4 is 5.32 Å². The first kappa shape index (κ1) is 14.6. The number of rotatable bonds is 5. The van der Waals surface area contributed by atoms with Crippen molar-refractivity contribution in [2.24, 2.45) is 11.8 Å². The topological polar surface area (TPSA) is 12.0 Å². The lowest BCUT2D eigenvalue weighted by Crippen LogP contribution is -2.26. The summed E-state index contributed by atoms with van der Waals surface area (Å²) in [6, 6.07) is 6.62. The molecule has 1 aromatic carbocycles. The van der Waals surface area contributed by atoms with Gasteiger partial charge in [0.2, 0.25) is 0 Å². The quantitative estimate of drug-likeness (QED) is 0.814. The van der Waals surface area contributed by atoms with Gasteiger partial charge in [-0.3, -0.25) is 0 Å². The van der Waals surface area contributed by atoms with Crippen molar-refractivity contribution in [1.82, 2.24) is 5.32 Å². The molecule has 1 nitrogen and oxygen atoms in total. The van der Waals surface area contributed by atoms with E-state index in [4.69, 9.17) is 0 Å². The SMILES string of the molecule is CCC1CCC(CNCc2cccc(C)c2C)CC1. The van der Waals surface area contributed by atoms with E-state index < -0.39 is 0 Å². The van der Waals surface area contributed by atoms with Crippen molar-refractivity contribution >= 4 is 0 Å². The Balaban J connectivity index is 1.74. The molecule has 0 aromatic heterocycles. The van der Waals surface area contributed by atoms with E-state index in [1.165, 1.54) is 55.3 Å². The van der Waals surface area contributed by atoms with E-state index in [1.807, 2.05) is 0 Å². The predicted octanol–water partition coefficient (Wildman–Crippen LogP) is 4.61. The lowest BCUT2D eigenvalue weighted by molar-refractivity contribution is 0.262. The third-order valence-electron chi connectivity index (χ3n) is 5.01. The first-order chi connectivity index (χ1) is 9.20. The minimum absolute atomic E-state index is 0.910. The maximum Gasteiger partial charge on any atom is 0.0208 e. The summed E-state index contributed by atoms with van der Waals surface area (Å²) in [5.74, 6) is 1.92. The molecule has 1 aliphatic rings. The van der Waals surface area contributed by atoms with Crippen LogP contribution in [0.15, 0.2) is 18.2 Å². The Bertz CT molecular complexity index is 389. The van der Waals surface area contributed by atoms with E-state index in [0.29, 0.717) is 0 Å². The standard InChI is InChI=1S/C18H29N/c1-4-16-8-10-17(11-9-16)12-19-13-18-7-5-6-14(2)15(18)3/h5-7,16-17,19H,4,8-13H2,1-3H3. The monoisotopic (exact) mass is 259 g/mol. The Morgan fingerprint density at radius 3 is 2.42 bits per heavy atom. The molecule has 0 heterocycles. The van der Waals surface area contributed by atoms with Crippen LogP contribution in [-0.4, -0.2) is 6.54 Å². The Morgan fingerprint density at radius 2 is 1.74 bits per heavy atom. The highest BCUT2D eigenvalue weighted by Crippen LogP contribution is 2.30. The Morgan fingerprint density at radius 1 is 1.05 bits per heavy atom. The molecule has 1 fully saturated rings. The second-order valence-corrected chi connectivity index (χ2v) is 6.28. The fourth-order valence-electron chi connectivity index (χ4n) is 3.26. The van der Waals surface area contributed by atoms with Gasteiger partial charge in [0, 0.05) is 6.54 Å². The van der Waals surface area contributed by atoms with Crippen LogP contribution in [0.2, 0.25) is 0 Å². The van der Waals surface area contributed by atoms with Crippen molar-refractivity contribution in [2.45, 2.75) is 59.4 Å². The molecule has 1 aromatic rings. The molecule has 1 aliphatic carbocycles. The summed E-state index contributed by atoms with van der Waals surface area (Å²) >= 11 is 0. The molecule has 106 valence electrons. The van der Waals surface area contributed by atoms with Crippen LogP contribution in [0.5, 0.6) is 0 Å². The fraction of sp³-hybridized carbons (Fsp3) is 0.667. The van der Waals surface area contributed by atoms with E-state index in [9.17, 15) is 0 Å². The maximum absolute atomic E-state index is 3.67. The molecule has 0 amide bonds. The molecule has 0 spiro atoms. The molecule has 1 N–H and O–H groups in total. The molecule has 0 saturated heterocycles. The fourth-order valence-corrected chi connectivity index (χ4v) is 3.26. The second-order valence-electron chi connectivity index (χ2n) is 6.28. The van der Waals surface area contributed by atoms with Gasteiger partial charge in [-0.15, -0.1) is 0 Å². The van der Waals surface area contributed by atoms with Gasteiger partial charge in [0.05, 0.1) is 0 Å². The average molecular weight is 259 g/mol. The number of nitrogens with one attached hydrogen (secondary N) is 1. The summed E-state index contributed by atoms with van der Waals surface area (Å²) in [5, 5.41) is 3.67. The Kier molecular flexibility index (Phi) is 5.45. The third-order valence-corrected chi connectivity index (χ3v) is 5.01. The number of hydrogen-bond donors (Lipinski definition) is 1. The Hall–Kier alpha value is -0.820. The zero-order valence-corrected chi connectivity index (χ0v) is 12.8. The number of benzene rings is 1. The van der Waals surface area contributed by atoms with E-state index in [1.54, 1.807) is 0 Å². The molecule has 0 bridgehead atoms. The minimum atomic E-state index is 0.910. The average Bonchev–Trinajstić information content (AvgIpc) is 2.44. The van der Waals surface area contributed by atoms with Crippen LogP contribution in [0.25, 0.3) is 0 Å². The van der Waals surface area contributed by atoms with Gasteiger partial charge < -0.3 is 5.32 Å². The number of aryl methyl sites for hydroxylation is 1. The van der Waals surface area contributed by atoms with E-state index in [-0.39, 0.29) is 0 Å². The summed E-state index contributed by atoms with van der Waals surface area (Å²) < 4.78 is 0. The zero-order valence-electron chi connectivity index (χ0n) is 12.8. The summed E-state index contributed by atoms with van der Waals surface area (Å²) in [6.45, 7) is 9.00. The highest BCUT2D eigenvalue weighted by molar-refractivity contribution is 5.32. The van der Waals surface area contributed by atoms with Crippen molar-refractivity contribution in [2.75, 3.05) is 6.54 Å². The molecule has 19 heavy (non-hydrogen) atoms. The van der Waals surface area contributed by atoms with Gasteiger partial charge in [-0.1, -0.05) is 44.4 Å². The largest absolute Gasteiger partial charge is 0.312 e. The van der Waals surface area contributed by atoms with Crippen molar-refractivity contribution in [3.05, 3.63) is 34.9 Å². The predicted molar refractivity (Wildman–Crippen MR) is 83.4 cm³/mol. The summed E-state index contributed by atoms with van der Waals surface area (Å²) in [5.41, 5.74) is 4.31.